The van der Waals surface area contributed by atoms with Crippen LogP contribution in [0.4, 0.5) is 5.69 Å². The molecule has 0 saturated carbocycles. The first-order chi connectivity index (χ1) is 10.3. The Morgan fingerprint density at radius 3 is 2.50 bits per heavy atom. The number of halogens is 1. The van der Waals surface area contributed by atoms with Gasteiger partial charge >= 0.3 is 0 Å². The van der Waals surface area contributed by atoms with Crippen LogP contribution in [-0.2, 0) is 14.3 Å². The van der Waals surface area contributed by atoms with Gasteiger partial charge < -0.3 is 15.0 Å². The maximum atomic E-state index is 12.1. The molecule has 6 heteroatoms. The van der Waals surface area contributed by atoms with Gasteiger partial charge in [0, 0.05) is 33.5 Å². The van der Waals surface area contributed by atoms with Crippen LogP contribution in [0, 0.1) is 13.8 Å². The van der Waals surface area contributed by atoms with Gasteiger partial charge in [0.1, 0.15) is 0 Å². The molecule has 5 nitrogen and oxygen atoms in total. The van der Waals surface area contributed by atoms with Crippen LogP contribution in [0.25, 0.3) is 0 Å². The standard InChI is InChI=1S/C16H23ClN2O3/c1-11-9-12(2)16(14(17)10-11)18-15(21)5-6-19(13(3)20)7-8-22-4/h9-10H,5-8H2,1-4H3,(H,18,21). The highest BCUT2D eigenvalue weighted by atomic mass is 35.5. The van der Waals surface area contributed by atoms with E-state index in [2.05, 4.69) is 5.32 Å². The number of hydrogen-bond acceptors (Lipinski definition) is 3. The van der Waals surface area contributed by atoms with Gasteiger partial charge in [-0.15, -0.1) is 0 Å². The van der Waals surface area contributed by atoms with E-state index in [0.29, 0.717) is 30.4 Å². The van der Waals surface area contributed by atoms with E-state index >= 15 is 0 Å². The molecule has 1 N–H and O–H groups in total. The predicted molar refractivity (Wildman–Crippen MR) is 88.3 cm³/mol. The number of hydrogen-bond donors (Lipinski definition) is 1. The van der Waals surface area contributed by atoms with Gasteiger partial charge in [-0.1, -0.05) is 17.7 Å². The Morgan fingerprint density at radius 1 is 1.27 bits per heavy atom. The molecule has 0 aliphatic rings. The van der Waals surface area contributed by atoms with Crippen LogP contribution in [0.1, 0.15) is 24.5 Å². The number of carbonyl (C=O) groups excluding carboxylic acids is 2. The molecular formula is C16H23ClN2O3. The maximum Gasteiger partial charge on any atom is 0.226 e. The van der Waals surface area contributed by atoms with Gasteiger partial charge in [0.25, 0.3) is 0 Å². The lowest BCUT2D eigenvalue weighted by Crippen LogP contribution is -2.34. The average molecular weight is 327 g/mol. The molecule has 1 rings (SSSR count). The van der Waals surface area contributed by atoms with Gasteiger partial charge in [-0.25, -0.2) is 0 Å². The van der Waals surface area contributed by atoms with E-state index in [1.54, 1.807) is 12.0 Å². The van der Waals surface area contributed by atoms with Gasteiger partial charge in [0.05, 0.1) is 17.3 Å². The first-order valence-electron chi connectivity index (χ1n) is 7.16. The van der Waals surface area contributed by atoms with Gasteiger partial charge in [0.2, 0.25) is 11.8 Å². The molecule has 0 aliphatic heterocycles. The topological polar surface area (TPSA) is 58.6 Å². The molecule has 0 heterocycles. The molecule has 1 aromatic carbocycles. The summed E-state index contributed by atoms with van der Waals surface area (Å²) in [6.45, 7) is 6.61. The highest BCUT2D eigenvalue weighted by Gasteiger charge is 2.13. The molecule has 0 unspecified atom stereocenters. The zero-order chi connectivity index (χ0) is 16.7. The number of ether oxygens (including phenoxy) is 1. The molecule has 0 saturated heterocycles. The first-order valence-corrected chi connectivity index (χ1v) is 7.54. The minimum Gasteiger partial charge on any atom is -0.383 e. The third-order valence-corrected chi connectivity index (χ3v) is 3.61. The molecule has 22 heavy (non-hydrogen) atoms. The highest BCUT2D eigenvalue weighted by Crippen LogP contribution is 2.27. The van der Waals surface area contributed by atoms with E-state index in [9.17, 15) is 9.59 Å². The van der Waals surface area contributed by atoms with Crippen LogP contribution in [0.3, 0.4) is 0 Å². The summed E-state index contributed by atoms with van der Waals surface area (Å²) in [5, 5.41) is 3.34. The molecule has 0 fully saturated rings. The van der Waals surface area contributed by atoms with Crippen molar-refractivity contribution in [3.8, 4) is 0 Å². The largest absolute Gasteiger partial charge is 0.383 e. The Balaban J connectivity index is 2.61. The van der Waals surface area contributed by atoms with Crippen molar-refractivity contribution in [3.63, 3.8) is 0 Å². The van der Waals surface area contributed by atoms with Crippen LogP contribution in [-0.4, -0.2) is 43.5 Å². The van der Waals surface area contributed by atoms with Gasteiger partial charge in [-0.2, -0.15) is 0 Å². The van der Waals surface area contributed by atoms with E-state index in [0.717, 1.165) is 11.1 Å². The zero-order valence-corrected chi connectivity index (χ0v) is 14.3. The molecule has 0 bridgehead atoms. The second-order valence-corrected chi connectivity index (χ2v) is 5.64. The van der Waals surface area contributed by atoms with Crippen LogP contribution in [0.5, 0.6) is 0 Å². The number of amides is 2. The molecular weight excluding hydrogens is 304 g/mol. The first kappa shape index (κ1) is 18.5. The lowest BCUT2D eigenvalue weighted by atomic mass is 10.1. The van der Waals surface area contributed by atoms with E-state index in [1.165, 1.54) is 6.92 Å². The second kappa shape index (κ2) is 8.76. The summed E-state index contributed by atoms with van der Waals surface area (Å²) in [6, 6.07) is 3.77. The van der Waals surface area contributed by atoms with E-state index in [1.807, 2.05) is 26.0 Å². The molecule has 0 aliphatic carbocycles. The Morgan fingerprint density at radius 2 is 1.95 bits per heavy atom. The summed E-state index contributed by atoms with van der Waals surface area (Å²) in [6.07, 6.45) is 0.215. The van der Waals surface area contributed by atoms with Crippen molar-refractivity contribution in [1.29, 1.82) is 0 Å². The van der Waals surface area contributed by atoms with Crippen molar-refractivity contribution in [2.24, 2.45) is 0 Å². The minimum atomic E-state index is -0.169. The lowest BCUT2D eigenvalue weighted by Gasteiger charge is -2.20. The van der Waals surface area contributed by atoms with E-state index < -0.39 is 0 Å². The number of rotatable bonds is 7. The van der Waals surface area contributed by atoms with Gasteiger partial charge in [0.15, 0.2) is 0 Å². The van der Waals surface area contributed by atoms with Crippen molar-refractivity contribution >= 4 is 29.1 Å². The van der Waals surface area contributed by atoms with Gasteiger partial charge in [-0.3, -0.25) is 9.59 Å². The quantitative estimate of drug-likeness (QED) is 0.838. The zero-order valence-electron chi connectivity index (χ0n) is 13.5. The number of benzene rings is 1. The summed E-state index contributed by atoms with van der Waals surface area (Å²) in [5.41, 5.74) is 2.59. The Bertz CT molecular complexity index is 523. The summed E-state index contributed by atoms with van der Waals surface area (Å²) in [7, 11) is 1.58. The lowest BCUT2D eigenvalue weighted by molar-refractivity contribution is -0.130. The monoisotopic (exact) mass is 326 g/mol. The number of aryl methyl sites for hydroxylation is 2. The SMILES string of the molecule is COCCN(CCC(=O)Nc1c(C)cc(C)cc1Cl)C(C)=O. The van der Waals surface area contributed by atoms with Gasteiger partial charge in [-0.05, 0) is 31.0 Å². The molecule has 0 atom stereocenters. The third kappa shape index (κ3) is 5.66. The van der Waals surface area contributed by atoms with E-state index in [4.69, 9.17) is 16.3 Å². The molecule has 122 valence electrons. The number of nitrogens with zero attached hydrogens (tertiary/aromatic N) is 1. The van der Waals surface area contributed by atoms with Crippen molar-refractivity contribution in [2.45, 2.75) is 27.2 Å². The molecule has 2 amide bonds. The molecule has 0 radical (unpaired) electrons. The Labute approximate surface area is 136 Å². The number of anilines is 1. The summed E-state index contributed by atoms with van der Waals surface area (Å²) in [5.74, 6) is -0.244. The van der Waals surface area contributed by atoms with Crippen molar-refractivity contribution < 1.29 is 14.3 Å². The van der Waals surface area contributed by atoms with Crippen molar-refractivity contribution in [1.82, 2.24) is 4.90 Å². The van der Waals surface area contributed by atoms with Crippen LogP contribution >= 0.6 is 11.6 Å². The Hall–Kier alpha value is -1.59. The summed E-state index contributed by atoms with van der Waals surface area (Å²) < 4.78 is 4.96. The smallest absolute Gasteiger partial charge is 0.226 e. The average Bonchev–Trinajstić information content (AvgIpc) is 2.42. The second-order valence-electron chi connectivity index (χ2n) is 5.24. The summed E-state index contributed by atoms with van der Waals surface area (Å²) in [4.78, 5) is 25.1. The highest BCUT2D eigenvalue weighted by molar-refractivity contribution is 6.34. The van der Waals surface area contributed by atoms with Crippen molar-refractivity contribution in [2.75, 3.05) is 32.1 Å². The van der Waals surface area contributed by atoms with E-state index in [-0.39, 0.29) is 18.2 Å². The Kier molecular flexibility index (Phi) is 7.35. The molecule has 1 aromatic rings. The maximum absolute atomic E-state index is 12.1. The number of methoxy groups -OCH3 is 1. The van der Waals surface area contributed by atoms with Crippen molar-refractivity contribution in [3.05, 3.63) is 28.3 Å². The third-order valence-electron chi connectivity index (χ3n) is 3.32. The molecule has 0 spiro atoms. The predicted octanol–water partition coefficient (Wildman–Crippen LogP) is 2.78. The number of nitrogens with one attached hydrogen (secondary N) is 1. The van der Waals surface area contributed by atoms with Crippen LogP contribution in [0.15, 0.2) is 12.1 Å². The minimum absolute atomic E-state index is 0.0746. The number of carbonyl (C=O) groups is 2. The fourth-order valence-electron chi connectivity index (χ4n) is 2.14. The fraction of sp³-hybridized carbons (Fsp3) is 0.500. The molecule has 0 aromatic heterocycles. The van der Waals surface area contributed by atoms with Crippen LogP contribution < -0.4 is 5.32 Å². The summed E-state index contributed by atoms with van der Waals surface area (Å²) >= 11 is 6.16. The van der Waals surface area contributed by atoms with Crippen LogP contribution in [0.2, 0.25) is 5.02 Å². The normalized spacial score (nSPS) is 10.4. The fourth-order valence-corrected chi connectivity index (χ4v) is 2.51.